The van der Waals surface area contributed by atoms with Crippen molar-refractivity contribution in [1.29, 1.82) is 0 Å². The second-order valence-corrected chi connectivity index (χ2v) is 7.44. The molecule has 1 N–H and O–H groups in total. The van der Waals surface area contributed by atoms with E-state index in [2.05, 4.69) is 5.32 Å². The predicted octanol–water partition coefficient (Wildman–Crippen LogP) is 6.86. The van der Waals surface area contributed by atoms with Crippen molar-refractivity contribution in [3.05, 3.63) is 80.8 Å². The monoisotopic (exact) mass is 451 g/mol. The van der Waals surface area contributed by atoms with Gasteiger partial charge in [0.25, 0.3) is 0 Å². The van der Waals surface area contributed by atoms with Gasteiger partial charge in [0.05, 0.1) is 24.3 Å². The molecule has 152 valence electrons. The molecule has 0 heterocycles. The zero-order valence-corrected chi connectivity index (χ0v) is 18.2. The van der Waals surface area contributed by atoms with Crippen molar-refractivity contribution < 1.29 is 14.2 Å². The summed E-state index contributed by atoms with van der Waals surface area (Å²) in [6.45, 7) is 0.849. The predicted molar refractivity (Wildman–Crippen MR) is 119 cm³/mol. The van der Waals surface area contributed by atoms with Crippen molar-refractivity contribution in [1.82, 2.24) is 0 Å². The number of hydrogen-bond donors (Lipinski definition) is 1. The Bertz CT molecular complexity index is 978. The SMILES string of the molecule is COc1ccc(NCc2cc(OC)c(OCc3ccc(Cl)c(Cl)c3)cc2Cl)cc1. The first kappa shape index (κ1) is 21.4. The molecule has 3 aromatic carbocycles. The minimum atomic E-state index is 0.313. The second-order valence-electron chi connectivity index (χ2n) is 6.21. The minimum absolute atomic E-state index is 0.313. The molecular formula is C22H20Cl3NO3. The Morgan fingerprint density at radius 2 is 1.52 bits per heavy atom. The molecule has 0 unspecified atom stereocenters. The quantitative estimate of drug-likeness (QED) is 0.405. The number of nitrogens with one attached hydrogen (secondary N) is 1. The van der Waals surface area contributed by atoms with E-state index in [1.54, 1.807) is 32.4 Å². The fourth-order valence-corrected chi connectivity index (χ4v) is 3.22. The van der Waals surface area contributed by atoms with E-state index in [-0.39, 0.29) is 0 Å². The first-order valence-electron chi connectivity index (χ1n) is 8.81. The van der Waals surface area contributed by atoms with Gasteiger partial charge in [-0.1, -0.05) is 40.9 Å². The van der Waals surface area contributed by atoms with Gasteiger partial charge in [-0.2, -0.15) is 0 Å². The van der Waals surface area contributed by atoms with Gasteiger partial charge in [-0.3, -0.25) is 0 Å². The molecule has 3 aromatic rings. The third kappa shape index (κ3) is 5.63. The Hall–Kier alpha value is -2.27. The van der Waals surface area contributed by atoms with Crippen molar-refractivity contribution in [2.24, 2.45) is 0 Å². The van der Waals surface area contributed by atoms with Gasteiger partial charge in [-0.15, -0.1) is 0 Å². The maximum Gasteiger partial charge on any atom is 0.163 e. The van der Waals surface area contributed by atoms with E-state index in [1.165, 1.54) is 0 Å². The minimum Gasteiger partial charge on any atom is -0.497 e. The van der Waals surface area contributed by atoms with Crippen LogP contribution in [0.15, 0.2) is 54.6 Å². The van der Waals surface area contributed by atoms with Crippen LogP contribution in [0.4, 0.5) is 5.69 Å². The normalized spacial score (nSPS) is 10.5. The molecule has 0 aromatic heterocycles. The smallest absolute Gasteiger partial charge is 0.163 e. The van der Waals surface area contributed by atoms with Gasteiger partial charge in [-0.05, 0) is 53.6 Å². The summed E-state index contributed by atoms with van der Waals surface area (Å²) in [7, 11) is 3.23. The highest BCUT2D eigenvalue weighted by atomic mass is 35.5. The topological polar surface area (TPSA) is 39.7 Å². The molecule has 0 amide bonds. The van der Waals surface area contributed by atoms with Crippen molar-refractivity contribution in [2.45, 2.75) is 13.2 Å². The Labute approximate surface area is 185 Å². The van der Waals surface area contributed by atoms with E-state index >= 15 is 0 Å². The zero-order valence-electron chi connectivity index (χ0n) is 16.0. The largest absolute Gasteiger partial charge is 0.497 e. The molecule has 0 saturated heterocycles. The summed E-state index contributed by atoms with van der Waals surface area (Å²) in [6.07, 6.45) is 0. The molecule has 4 nitrogen and oxygen atoms in total. The molecule has 0 aliphatic rings. The van der Waals surface area contributed by atoms with E-state index < -0.39 is 0 Å². The van der Waals surface area contributed by atoms with E-state index in [0.717, 1.165) is 22.6 Å². The lowest BCUT2D eigenvalue weighted by atomic mass is 10.2. The average Bonchev–Trinajstić information content (AvgIpc) is 2.74. The van der Waals surface area contributed by atoms with Crippen LogP contribution in [0.3, 0.4) is 0 Å². The summed E-state index contributed by atoms with van der Waals surface area (Å²) < 4.78 is 16.5. The van der Waals surface area contributed by atoms with Crippen molar-refractivity contribution in [2.75, 3.05) is 19.5 Å². The summed E-state index contributed by atoms with van der Waals surface area (Å²) in [4.78, 5) is 0. The van der Waals surface area contributed by atoms with Crippen LogP contribution in [0, 0.1) is 0 Å². The maximum atomic E-state index is 6.47. The number of rotatable bonds is 8. The van der Waals surface area contributed by atoms with Crippen LogP contribution in [0.25, 0.3) is 0 Å². The third-order valence-electron chi connectivity index (χ3n) is 4.28. The molecule has 7 heteroatoms. The van der Waals surface area contributed by atoms with Crippen molar-refractivity contribution >= 4 is 40.5 Å². The maximum absolute atomic E-state index is 6.47. The van der Waals surface area contributed by atoms with Crippen LogP contribution in [0.5, 0.6) is 17.2 Å². The summed E-state index contributed by atoms with van der Waals surface area (Å²) in [5.41, 5.74) is 2.74. The molecule has 0 spiro atoms. The highest BCUT2D eigenvalue weighted by molar-refractivity contribution is 6.42. The Morgan fingerprint density at radius 1 is 0.759 bits per heavy atom. The van der Waals surface area contributed by atoms with Gasteiger partial charge in [0.2, 0.25) is 0 Å². The molecular weight excluding hydrogens is 433 g/mol. The van der Waals surface area contributed by atoms with Crippen LogP contribution in [-0.4, -0.2) is 14.2 Å². The second kappa shape index (κ2) is 9.97. The first-order valence-corrected chi connectivity index (χ1v) is 9.94. The molecule has 0 atom stereocenters. The van der Waals surface area contributed by atoms with Gasteiger partial charge < -0.3 is 19.5 Å². The van der Waals surface area contributed by atoms with Gasteiger partial charge in [0, 0.05) is 23.3 Å². The molecule has 0 aliphatic heterocycles. The Morgan fingerprint density at radius 3 is 2.17 bits per heavy atom. The van der Waals surface area contributed by atoms with Crippen molar-refractivity contribution in [3.63, 3.8) is 0 Å². The molecule has 29 heavy (non-hydrogen) atoms. The van der Waals surface area contributed by atoms with Gasteiger partial charge in [0.15, 0.2) is 11.5 Å². The Kier molecular flexibility index (Phi) is 7.37. The fraction of sp³-hybridized carbons (Fsp3) is 0.182. The molecule has 0 aliphatic carbocycles. The fourth-order valence-electron chi connectivity index (χ4n) is 2.68. The van der Waals surface area contributed by atoms with E-state index in [0.29, 0.717) is 39.7 Å². The highest BCUT2D eigenvalue weighted by Crippen LogP contribution is 2.34. The average molecular weight is 453 g/mol. The lowest BCUT2D eigenvalue weighted by molar-refractivity contribution is 0.284. The molecule has 0 radical (unpaired) electrons. The number of anilines is 1. The van der Waals surface area contributed by atoms with Crippen LogP contribution in [0.1, 0.15) is 11.1 Å². The van der Waals surface area contributed by atoms with Crippen molar-refractivity contribution in [3.8, 4) is 17.2 Å². The summed E-state index contributed by atoms with van der Waals surface area (Å²) in [5.74, 6) is 1.96. The third-order valence-corrected chi connectivity index (χ3v) is 5.37. The number of benzene rings is 3. The van der Waals surface area contributed by atoms with E-state index in [1.807, 2.05) is 36.4 Å². The highest BCUT2D eigenvalue weighted by Gasteiger charge is 2.12. The first-order chi connectivity index (χ1) is 14.0. The van der Waals surface area contributed by atoms with Crippen LogP contribution >= 0.6 is 34.8 Å². The standard InChI is InChI=1S/C22H20Cl3NO3/c1-27-17-6-4-16(5-7-17)26-12-15-10-21(28-2)22(11-19(15)24)29-13-14-3-8-18(23)20(25)9-14/h3-11,26H,12-13H2,1-2H3. The number of methoxy groups -OCH3 is 2. The van der Waals surface area contributed by atoms with Gasteiger partial charge in [-0.25, -0.2) is 0 Å². The lowest BCUT2D eigenvalue weighted by Gasteiger charge is -2.15. The van der Waals surface area contributed by atoms with E-state index in [4.69, 9.17) is 49.0 Å². The molecule has 3 rings (SSSR count). The van der Waals surface area contributed by atoms with Gasteiger partial charge >= 0.3 is 0 Å². The summed E-state index contributed by atoms with van der Waals surface area (Å²) in [6, 6.07) is 16.7. The molecule has 0 bridgehead atoms. The summed E-state index contributed by atoms with van der Waals surface area (Å²) in [5, 5.41) is 4.90. The Balaban J connectivity index is 1.69. The van der Waals surface area contributed by atoms with E-state index in [9.17, 15) is 0 Å². The summed E-state index contributed by atoms with van der Waals surface area (Å²) >= 11 is 18.5. The number of hydrogen-bond acceptors (Lipinski definition) is 4. The number of ether oxygens (including phenoxy) is 3. The van der Waals surface area contributed by atoms with Crippen LogP contribution in [0.2, 0.25) is 15.1 Å². The van der Waals surface area contributed by atoms with Crippen LogP contribution in [-0.2, 0) is 13.2 Å². The lowest BCUT2D eigenvalue weighted by Crippen LogP contribution is -2.03. The molecule has 0 fully saturated rings. The zero-order chi connectivity index (χ0) is 20.8. The van der Waals surface area contributed by atoms with Gasteiger partial charge in [0.1, 0.15) is 12.4 Å². The molecule has 0 saturated carbocycles. The number of halogens is 3. The van der Waals surface area contributed by atoms with Crippen LogP contribution < -0.4 is 19.5 Å².